The van der Waals surface area contributed by atoms with Gasteiger partial charge in [0.1, 0.15) is 0 Å². The highest BCUT2D eigenvalue weighted by molar-refractivity contribution is 5.55. The molecule has 0 aromatic heterocycles. The lowest BCUT2D eigenvalue weighted by atomic mass is 10.1. The van der Waals surface area contributed by atoms with Crippen LogP contribution in [0.25, 0.3) is 0 Å². The number of aliphatic hydroxyl groups excluding tert-OH is 1. The van der Waals surface area contributed by atoms with Crippen molar-refractivity contribution >= 4 is 5.69 Å². The maximum atomic E-state index is 9.59. The van der Waals surface area contributed by atoms with Crippen molar-refractivity contribution in [3.05, 3.63) is 29.3 Å². The molecule has 1 aromatic rings. The van der Waals surface area contributed by atoms with E-state index in [0.29, 0.717) is 0 Å². The molecule has 2 saturated heterocycles. The van der Waals surface area contributed by atoms with E-state index in [1.165, 1.54) is 43.6 Å². The van der Waals surface area contributed by atoms with Gasteiger partial charge in [0.05, 0.1) is 6.61 Å². The predicted octanol–water partition coefficient (Wildman–Crippen LogP) is 2.16. The molecule has 3 nitrogen and oxygen atoms in total. The van der Waals surface area contributed by atoms with Crippen LogP contribution in [-0.2, 0) is 6.61 Å². The summed E-state index contributed by atoms with van der Waals surface area (Å²) in [5.74, 6) is 0. The van der Waals surface area contributed by atoms with E-state index in [4.69, 9.17) is 0 Å². The summed E-state index contributed by atoms with van der Waals surface area (Å²) in [6.45, 7) is 6.98. The third-order valence-corrected chi connectivity index (χ3v) is 4.55. The Morgan fingerprint density at radius 2 is 2.05 bits per heavy atom. The molecule has 104 valence electrons. The summed E-state index contributed by atoms with van der Waals surface area (Å²) in [5.41, 5.74) is 3.54. The number of aryl methyl sites for hydroxylation is 1. The number of hydrogen-bond acceptors (Lipinski definition) is 3. The molecule has 0 bridgehead atoms. The molecule has 1 aromatic carbocycles. The van der Waals surface area contributed by atoms with E-state index in [-0.39, 0.29) is 6.61 Å². The van der Waals surface area contributed by atoms with Crippen LogP contribution in [0.1, 0.15) is 30.4 Å². The van der Waals surface area contributed by atoms with Gasteiger partial charge in [-0.15, -0.1) is 0 Å². The van der Waals surface area contributed by atoms with E-state index in [1.54, 1.807) is 0 Å². The Morgan fingerprint density at radius 1 is 1.21 bits per heavy atom. The van der Waals surface area contributed by atoms with Gasteiger partial charge < -0.3 is 10.0 Å². The summed E-state index contributed by atoms with van der Waals surface area (Å²) >= 11 is 0. The molecule has 0 aliphatic carbocycles. The SMILES string of the molecule is Cc1ccc(N2CCCN3CCCC3C2)c(CO)c1. The monoisotopic (exact) mass is 260 g/mol. The number of fused-ring (bicyclic) bond motifs is 1. The average molecular weight is 260 g/mol. The second-order valence-corrected chi connectivity index (χ2v) is 5.92. The number of hydrogen-bond donors (Lipinski definition) is 1. The maximum Gasteiger partial charge on any atom is 0.0702 e. The zero-order valence-electron chi connectivity index (χ0n) is 11.8. The summed E-state index contributed by atoms with van der Waals surface area (Å²) in [6, 6.07) is 7.18. The molecule has 1 unspecified atom stereocenters. The molecule has 2 aliphatic heterocycles. The van der Waals surface area contributed by atoms with Gasteiger partial charge in [0, 0.05) is 36.9 Å². The van der Waals surface area contributed by atoms with Crippen LogP contribution in [0.15, 0.2) is 18.2 Å². The van der Waals surface area contributed by atoms with E-state index in [0.717, 1.165) is 24.7 Å². The Morgan fingerprint density at radius 3 is 2.89 bits per heavy atom. The Kier molecular flexibility index (Phi) is 3.76. The Bertz CT molecular complexity index is 446. The van der Waals surface area contributed by atoms with Crippen LogP contribution in [0, 0.1) is 6.92 Å². The van der Waals surface area contributed by atoms with Gasteiger partial charge in [0.25, 0.3) is 0 Å². The fraction of sp³-hybridized carbons (Fsp3) is 0.625. The van der Waals surface area contributed by atoms with E-state index in [2.05, 4.69) is 34.9 Å². The van der Waals surface area contributed by atoms with Crippen LogP contribution >= 0.6 is 0 Å². The highest BCUT2D eigenvalue weighted by Crippen LogP contribution is 2.28. The van der Waals surface area contributed by atoms with Gasteiger partial charge in [-0.25, -0.2) is 0 Å². The smallest absolute Gasteiger partial charge is 0.0702 e. The van der Waals surface area contributed by atoms with Gasteiger partial charge in [-0.05, 0) is 38.8 Å². The van der Waals surface area contributed by atoms with Crippen molar-refractivity contribution in [2.45, 2.75) is 38.8 Å². The number of aliphatic hydroxyl groups is 1. The zero-order chi connectivity index (χ0) is 13.2. The molecule has 19 heavy (non-hydrogen) atoms. The molecule has 1 N–H and O–H groups in total. The molecule has 2 heterocycles. The normalized spacial score (nSPS) is 24.3. The number of nitrogens with zero attached hydrogens (tertiary/aromatic N) is 2. The minimum absolute atomic E-state index is 0.141. The molecule has 3 rings (SSSR count). The molecule has 1 atom stereocenters. The lowest BCUT2D eigenvalue weighted by molar-refractivity contribution is 0.272. The third kappa shape index (κ3) is 2.63. The van der Waals surface area contributed by atoms with E-state index >= 15 is 0 Å². The molecule has 0 saturated carbocycles. The second-order valence-electron chi connectivity index (χ2n) is 5.92. The lowest BCUT2D eigenvalue weighted by Gasteiger charge is -2.29. The van der Waals surface area contributed by atoms with E-state index in [9.17, 15) is 5.11 Å². The summed E-state index contributed by atoms with van der Waals surface area (Å²) in [5, 5.41) is 9.59. The molecular weight excluding hydrogens is 236 g/mol. The largest absolute Gasteiger partial charge is 0.392 e. The van der Waals surface area contributed by atoms with Gasteiger partial charge in [0.2, 0.25) is 0 Å². The first-order chi connectivity index (χ1) is 9.28. The topological polar surface area (TPSA) is 26.7 Å². The van der Waals surface area contributed by atoms with Crippen molar-refractivity contribution in [2.24, 2.45) is 0 Å². The standard InChI is InChI=1S/C16H24N2O/c1-13-5-6-16(14(10-13)12-19)18-9-3-8-17-7-2-4-15(17)11-18/h5-6,10,15,19H,2-4,7-9,11-12H2,1H3. The highest BCUT2D eigenvalue weighted by Gasteiger charge is 2.29. The first-order valence-electron chi connectivity index (χ1n) is 7.47. The fourth-order valence-corrected chi connectivity index (χ4v) is 3.57. The van der Waals surface area contributed by atoms with Gasteiger partial charge >= 0.3 is 0 Å². The fourth-order valence-electron chi connectivity index (χ4n) is 3.57. The highest BCUT2D eigenvalue weighted by atomic mass is 16.3. The Hall–Kier alpha value is -1.06. The number of anilines is 1. The van der Waals surface area contributed by atoms with Gasteiger partial charge in [0.15, 0.2) is 0 Å². The molecule has 2 aliphatic rings. The lowest BCUT2D eigenvalue weighted by Crippen LogP contribution is -2.37. The van der Waals surface area contributed by atoms with Crippen molar-refractivity contribution < 1.29 is 5.11 Å². The van der Waals surface area contributed by atoms with Gasteiger partial charge in [-0.2, -0.15) is 0 Å². The first-order valence-corrected chi connectivity index (χ1v) is 7.47. The van der Waals surface area contributed by atoms with Crippen molar-refractivity contribution in [1.82, 2.24) is 4.90 Å². The molecule has 3 heteroatoms. The summed E-state index contributed by atoms with van der Waals surface area (Å²) < 4.78 is 0. The third-order valence-electron chi connectivity index (χ3n) is 4.55. The first kappa shape index (κ1) is 12.9. The molecular formula is C16H24N2O. The quantitative estimate of drug-likeness (QED) is 0.883. The Labute approximate surface area is 115 Å². The van der Waals surface area contributed by atoms with Crippen LogP contribution in [0.5, 0.6) is 0 Å². The van der Waals surface area contributed by atoms with Crippen LogP contribution in [0.3, 0.4) is 0 Å². The zero-order valence-corrected chi connectivity index (χ0v) is 11.8. The summed E-state index contributed by atoms with van der Waals surface area (Å²) in [6.07, 6.45) is 3.91. The maximum absolute atomic E-state index is 9.59. The van der Waals surface area contributed by atoms with E-state index in [1.807, 2.05) is 0 Å². The summed E-state index contributed by atoms with van der Waals surface area (Å²) in [7, 11) is 0. The molecule has 2 fully saturated rings. The van der Waals surface area contributed by atoms with Crippen LogP contribution in [-0.4, -0.2) is 42.2 Å². The van der Waals surface area contributed by atoms with Crippen LogP contribution in [0.2, 0.25) is 0 Å². The van der Waals surface area contributed by atoms with E-state index < -0.39 is 0 Å². The van der Waals surface area contributed by atoms with Crippen LogP contribution < -0.4 is 4.90 Å². The van der Waals surface area contributed by atoms with Gasteiger partial charge in [-0.1, -0.05) is 17.7 Å². The summed E-state index contributed by atoms with van der Waals surface area (Å²) in [4.78, 5) is 5.13. The van der Waals surface area contributed by atoms with Crippen LogP contribution in [0.4, 0.5) is 5.69 Å². The van der Waals surface area contributed by atoms with Crippen molar-refractivity contribution in [2.75, 3.05) is 31.1 Å². The van der Waals surface area contributed by atoms with Crippen molar-refractivity contribution in [3.63, 3.8) is 0 Å². The predicted molar refractivity (Wildman–Crippen MR) is 78.5 cm³/mol. The average Bonchev–Trinajstić information content (AvgIpc) is 2.76. The number of benzene rings is 1. The minimum atomic E-state index is 0.141. The van der Waals surface area contributed by atoms with Gasteiger partial charge in [-0.3, -0.25) is 4.90 Å². The number of rotatable bonds is 2. The second kappa shape index (κ2) is 5.51. The minimum Gasteiger partial charge on any atom is -0.392 e. The molecule has 0 radical (unpaired) electrons. The molecule has 0 amide bonds. The molecule has 0 spiro atoms. The Balaban J connectivity index is 1.84. The van der Waals surface area contributed by atoms with Crippen molar-refractivity contribution in [3.8, 4) is 0 Å². The van der Waals surface area contributed by atoms with Crippen molar-refractivity contribution in [1.29, 1.82) is 0 Å².